The smallest absolute Gasteiger partial charge is 0.0377 e. The van der Waals surface area contributed by atoms with Crippen molar-refractivity contribution in [2.24, 2.45) is 27.1 Å². The van der Waals surface area contributed by atoms with Crippen molar-refractivity contribution in [3.05, 3.63) is 149 Å². The molecule has 15 saturated carbocycles. The van der Waals surface area contributed by atoms with Gasteiger partial charge in [-0.15, -0.1) is 0 Å². The molecule has 0 amide bonds. The predicted octanol–water partition coefficient (Wildman–Crippen LogP) is 36.7. The molecule has 0 aliphatic heterocycles. The molecule has 0 unspecified atom stereocenters. The Labute approximate surface area is 728 Å². The predicted molar refractivity (Wildman–Crippen MR) is 500 cm³/mol. The molecule has 5 aromatic rings. The molecule has 115 heavy (non-hydrogen) atoms. The molecule has 5 aromatic carbocycles. The molecule has 0 spiro atoms. The number of hydrogen-bond acceptors (Lipinski definition) is 0. The number of halogens is 5. The fraction of sp³-hybridized carbons (Fsp3) is 0.714. The van der Waals surface area contributed by atoms with Crippen LogP contribution in [0.1, 0.15) is 448 Å². The summed E-state index contributed by atoms with van der Waals surface area (Å²) in [7, 11) is 0. The molecule has 10 heteroatoms. The molecule has 15 aliphatic rings. The van der Waals surface area contributed by atoms with Crippen molar-refractivity contribution in [2.75, 3.05) is 0 Å². The maximum absolute atomic E-state index is 5.25. The Morgan fingerprint density at radius 3 is 0.391 bits per heavy atom. The van der Waals surface area contributed by atoms with Gasteiger partial charge in [0.1, 0.15) is 0 Å². The highest BCUT2D eigenvalue weighted by Crippen LogP contribution is 2.65. The van der Waals surface area contributed by atoms with Gasteiger partial charge in [0.05, 0.1) is 0 Å². The van der Waals surface area contributed by atoms with Gasteiger partial charge < -0.3 is 0 Å². The number of unbranched alkanes of at least 4 members (excludes halogenated alkanes) is 20. The summed E-state index contributed by atoms with van der Waals surface area (Å²) in [6, 6.07) is 44.4. The van der Waals surface area contributed by atoms with Crippen LogP contribution in [0.5, 0.6) is 0 Å². The van der Waals surface area contributed by atoms with Crippen LogP contribution in [0, 0.1) is 27.1 Å². The molecule has 0 atom stereocenters. The second-order valence-electron chi connectivity index (χ2n) is 39.8. The monoisotopic (exact) mass is 1680 g/mol. The van der Waals surface area contributed by atoms with E-state index >= 15 is 0 Å². The van der Waals surface area contributed by atoms with Gasteiger partial charge in [-0.1, -0.05) is 319 Å². The molecule has 0 heterocycles. The van der Waals surface area contributed by atoms with Gasteiger partial charge in [0.15, 0.2) is 0 Å². The Balaban J connectivity index is 0.000000221. The average molecular weight is 1680 g/mol. The summed E-state index contributed by atoms with van der Waals surface area (Å²) in [5.41, 5.74) is 13.9. The van der Waals surface area contributed by atoms with Gasteiger partial charge in [0.2, 0.25) is 0 Å². The summed E-state index contributed by atoms with van der Waals surface area (Å²) in [6.07, 6.45) is 86.6. The lowest BCUT2D eigenvalue weighted by Gasteiger charge is -2.54. The first-order chi connectivity index (χ1) is 53.4. The normalized spacial score (nSPS) is 29.3. The highest BCUT2D eigenvalue weighted by atomic mass is 32.1. The van der Waals surface area contributed by atoms with Crippen molar-refractivity contribution in [2.45, 2.75) is 471 Å². The molecule has 0 aromatic heterocycles. The number of fused-ring (bicyclic) bond motifs is 15. The van der Waals surface area contributed by atoms with Gasteiger partial charge in [-0.3, -0.25) is 23.5 Å². The second-order valence-corrected chi connectivity index (χ2v) is 42.2. The zero-order valence-corrected chi connectivity index (χ0v) is 77.1. The first-order valence-corrected chi connectivity index (χ1v) is 49.3. The van der Waals surface area contributed by atoms with Crippen molar-refractivity contribution < 1.29 is 23.5 Å². The summed E-state index contributed by atoms with van der Waals surface area (Å²) >= 11 is 26.3. The standard InChI is InChI=1S/5C21H31S.5FH/c5*1-2-3-4-5-6-11-20-12-15-21(16-13-20,17-14-20)18-7-9-19(22)10-8-18;;;;;/h5*7-10H,2-6,11-17H2,1H3;5*1H. The van der Waals surface area contributed by atoms with Gasteiger partial charge in [0.25, 0.3) is 0 Å². The lowest BCUT2D eigenvalue weighted by Crippen LogP contribution is -2.44. The van der Waals surface area contributed by atoms with Crippen LogP contribution in [0.2, 0.25) is 0 Å². The molecule has 15 fully saturated rings. The van der Waals surface area contributed by atoms with Crippen molar-refractivity contribution in [3.63, 3.8) is 0 Å². The summed E-state index contributed by atoms with van der Waals surface area (Å²) < 4.78 is 0. The van der Waals surface area contributed by atoms with Gasteiger partial charge >= 0.3 is 0 Å². The number of benzene rings is 5. The summed E-state index contributed by atoms with van der Waals surface area (Å²) in [5, 5.41) is 0. The van der Waals surface area contributed by atoms with E-state index in [9.17, 15) is 0 Å². The second kappa shape index (κ2) is 48.0. The fourth-order valence-electron chi connectivity index (χ4n) is 24.9. The van der Waals surface area contributed by atoms with Gasteiger partial charge in [0, 0.05) is 24.5 Å². The van der Waals surface area contributed by atoms with Gasteiger partial charge in [-0.2, -0.15) is 0 Å². The number of hydrogen-bond donors (Lipinski definition) is 0. The summed E-state index contributed by atoms with van der Waals surface area (Å²) in [6.45, 7) is 11.5. The van der Waals surface area contributed by atoms with Crippen molar-refractivity contribution >= 4 is 63.1 Å². The Bertz CT molecular complexity index is 2800. The molecule has 0 saturated heterocycles. The maximum Gasteiger partial charge on any atom is 0.0377 e. The zero-order chi connectivity index (χ0) is 77.3. The molecule has 10 bridgehead atoms. The Morgan fingerprint density at radius 2 is 0.278 bits per heavy atom. The van der Waals surface area contributed by atoms with E-state index in [2.05, 4.69) is 156 Å². The summed E-state index contributed by atoms with van der Waals surface area (Å²) in [5.74, 6) is 0. The maximum atomic E-state index is 5.25. The third-order valence-electron chi connectivity index (χ3n) is 33.4. The molecule has 5 radical (unpaired) electrons. The Kier molecular flexibility index (Phi) is 42.1. The van der Waals surface area contributed by atoms with Crippen LogP contribution in [0.15, 0.2) is 146 Å². The van der Waals surface area contributed by atoms with E-state index < -0.39 is 0 Å². The fourth-order valence-corrected chi connectivity index (χ4v) is 25.6. The van der Waals surface area contributed by atoms with E-state index in [1.807, 2.05) is 0 Å². The number of rotatable bonds is 35. The minimum Gasteiger partial charge on any atom is -0.269 e. The van der Waals surface area contributed by atoms with Crippen molar-refractivity contribution in [3.8, 4) is 0 Å². The molecular formula is C105H160F5S5. The topological polar surface area (TPSA) is 0 Å². The van der Waals surface area contributed by atoms with Crippen molar-refractivity contribution in [1.82, 2.24) is 0 Å². The van der Waals surface area contributed by atoms with E-state index in [-0.39, 0.29) is 23.5 Å². The van der Waals surface area contributed by atoms with E-state index in [0.717, 1.165) is 24.5 Å². The molecule has 20 rings (SSSR count). The van der Waals surface area contributed by atoms with Crippen LogP contribution < -0.4 is 0 Å². The van der Waals surface area contributed by atoms with Crippen LogP contribution in [0.4, 0.5) is 23.5 Å². The highest BCUT2D eigenvalue weighted by molar-refractivity contribution is 7.81. The van der Waals surface area contributed by atoms with Crippen LogP contribution in [0.25, 0.3) is 0 Å². The van der Waals surface area contributed by atoms with E-state index in [0.29, 0.717) is 54.1 Å². The lowest BCUT2D eigenvalue weighted by atomic mass is 9.51. The third kappa shape index (κ3) is 26.7. The molecular weight excluding hydrogens is 1520 g/mol. The van der Waals surface area contributed by atoms with E-state index in [4.69, 9.17) is 63.1 Å². The zero-order valence-electron chi connectivity index (χ0n) is 73.1. The molecule has 15 aliphatic carbocycles. The van der Waals surface area contributed by atoms with Crippen LogP contribution >= 0.6 is 63.1 Å². The lowest BCUT2D eigenvalue weighted by molar-refractivity contribution is 0.0304. The Morgan fingerprint density at radius 1 is 0.165 bits per heavy atom. The highest BCUT2D eigenvalue weighted by Gasteiger charge is 2.53. The molecule has 0 N–H and O–H groups in total. The minimum absolute atomic E-state index is 0. The van der Waals surface area contributed by atoms with Gasteiger partial charge in [-0.05, 0) is 367 Å². The van der Waals surface area contributed by atoms with E-state index in [1.54, 1.807) is 27.8 Å². The first kappa shape index (κ1) is 101. The van der Waals surface area contributed by atoms with Crippen LogP contribution in [0.3, 0.4) is 0 Å². The van der Waals surface area contributed by atoms with Crippen LogP contribution in [-0.2, 0) is 27.1 Å². The van der Waals surface area contributed by atoms with E-state index in [1.165, 1.54) is 385 Å². The largest absolute Gasteiger partial charge is 0.269 e. The molecule has 0 nitrogen and oxygen atoms in total. The SMILES string of the molecule is CCCCCCCC12CCC(c3ccc([S])cc3)(CC1)CC2.CCCCCCCC12CCC(c3ccc([S])cc3)(CC1)CC2.CCCCCCCC12CCC(c3ccc([S])cc3)(CC1)CC2.CCCCCCCC12CCC(c3ccc([S])cc3)(CC1)CC2.CCCCCCCC12CCC(c3ccc([S])cc3)(CC1)CC2.F.F.F.F.F. The third-order valence-corrected chi connectivity index (χ3v) is 34.8. The van der Waals surface area contributed by atoms with Crippen LogP contribution in [-0.4, -0.2) is 0 Å². The first-order valence-electron chi connectivity index (χ1n) is 47.3. The quantitative estimate of drug-likeness (QED) is 0.0280. The van der Waals surface area contributed by atoms with Crippen molar-refractivity contribution in [1.29, 1.82) is 0 Å². The molecule has 645 valence electrons. The average Bonchev–Trinajstić information content (AvgIpc) is 0.777. The summed E-state index contributed by atoms with van der Waals surface area (Å²) in [4.78, 5) is 4.90. The minimum atomic E-state index is 0. The van der Waals surface area contributed by atoms with Gasteiger partial charge in [-0.25, -0.2) is 0 Å². The Hall–Kier alpha value is -3.15.